The molecule has 2 rings (SSSR count). The summed E-state index contributed by atoms with van der Waals surface area (Å²) in [5.74, 6) is -0.243. The summed E-state index contributed by atoms with van der Waals surface area (Å²) in [6.07, 6.45) is 1.55. The van der Waals surface area contributed by atoms with Crippen molar-refractivity contribution in [2.24, 2.45) is 0 Å². The summed E-state index contributed by atoms with van der Waals surface area (Å²) in [7, 11) is 0. The number of nitrogens with zero attached hydrogens (tertiary/aromatic N) is 3. The van der Waals surface area contributed by atoms with E-state index in [1.807, 2.05) is 6.92 Å². The minimum absolute atomic E-state index is 0.00896. The van der Waals surface area contributed by atoms with Crippen molar-refractivity contribution in [2.75, 3.05) is 5.32 Å². The average molecular weight is 309 g/mol. The van der Waals surface area contributed by atoms with E-state index in [2.05, 4.69) is 15.6 Å². The van der Waals surface area contributed by atoms with Gasteiger partial charge in [0.2, 0.25) is 5.91 Å². The molecule has 0 spiro atoms. The van der Waals surface area contributed by atoms with Gasteiger partial charge in [0.25, 0.3) is 0 Å². The summed E-state index contributed by atoms with van der Waals surface area (Å²) in [5.41, 5.74) is 0.797. The molecule has 1 amide bonds. The van der Waals surface area contributed by atoms with Crippen LogP contribution in [0.15, 0.2) is 24.4 Å². The molecular formula is C14H17ClN4O2. The lowest BCUT2D eigenvalue weighted by atomic mass is 10.1. The van der Waals surface area contributed by atoms with Crippen molar-refractivity contribution in [1.82, 2.24) is 15.0 Å². The van der Waals surface area contributed by atoms with E-state index in [0.717, 1.165) is 5.56 Å². The van der Waals surface area contributed by atoms with Crippen LogP contribution in [0.5, 0.6) is 0 Å². The van der Waals surface area contributed by atoms with Crippen molar-refractivity contribution in [3.05, 3.63) is 40.7 Å². The number of aliphatic hydroxyl groups is 1. The van der Waals surface area contributed by atoms with E-state index < -0.39 is 5.60 Å². The molecule has 0 saturated carbocycles. The van der Waals surface area contributed by atoms with E-state index in [1.54, 1.807) is 38.2 Å². The number of hydrogen-bond donors (Lipinski definition) is 2. The van der Waals surface area contributed by atoms with Gasteiger partial charge in [-0.3, -0.25) is 4.79 Å². The van der Waals surface area contributed by atoms with Crippen molar-refractivity contribution in [3.8, 4) is 0 Å². The van der Waals surface area contributed by atoms with Crippen LogP contribution in [-0.2, 0) is 16.9 Å². The SMILES string of the molecule is Cc1c(Cl)cccc1NC(=O)Cn1cc(C(C)(C)O)nn1. The Morgan fingerprint density at radius 1 is 1.48 bits per heavy atom. The minimum Gasteiger partial charge on any atom is -0.384 e. The van der Waals surface area contributed by atoms with Crippen molar-refractivity contribution in [1.29, 1.82) is 0 Å². The zero-order valence-electron chi connectivity index (χ0n) is 12.1. The monoisotopic (exact) mass is 308 g/mol. The molecule has 21 heavy (non-hydrogen) atoms. The minimum atomic E-state index is -1.09. The van der Waals surface area contributed by atoms with Crippen LogP contribution in [0.4, 0.5) is 5.69 Å². The molecule has 0 atom stereocenters. The summed E-state index contributed by atoms with van der Waals surface area (Å²) in [6, 6.07) is 5.31. The van der Waals surface area contributed by atoms with Gasteiger partial charge < -0.3 is 10.4 Å². The summed E-state index contributed by atoms with van der Waals surface area (Å²) < 4.78 is 1.38. The zero-order valence-corrected chi connectivity index (χ0v) is 12.8. The van der Waals surface area contributed by atoms with Gasteiger partial charge in [0.15, 0.2) is 0 Å². The number of anilines is 1. The molecule has 0 radical (unpaired) electrons. The maximum Gasteiger partial charge on any atom is 0.246 e. The molecule has 0 aliphatic carbocycles. The van der Waals surface area contributed by atoms with Gasteiger partial charge in [0.05, 0.1) is 6.20 Å². The predicted molar refractivity (Wildman–Crippen MR) is 80.1 cm³/mol. The Balaban J connectivity index is 2.05. The van der Waals surface area contributed by atoms with Gasteiger partial charge in [-0.15, -0.1) is 5.10 Å². The molecule has 1 aromatic carbocycles. The first-order valence-electron chi connectivity index (χ1n) is 6.45. The van der Waals surface area contributed by atoms with Crippen molar-refractivity contribution in [2.45, 2.75) is 32.9 Å². The van der Waals surface area contributed by atoms with Crippen LogP contribution in [0.1, 0.15) is 25.1 Å². The van der Waals surface area contributed by atoms with Crippen molar-refractivity contribution in [3.63, 3.8) is 0 Å². The fraction of sp³-hybridized carbons (Fsp3) is 0.357. The van der Waals surface area contributed by atoms with Gasteiger partial charge in [-0.1, -0.05) is 22.9 Å². The highest BCUT2D eigenvalue weighted by molar-refractivity contribution is 6.31. The lowest BCUT2D eigenvalue weighted by Gasteiger charge is -2.12. The molecule has 0 unspecified atom stereocenters. The van der Waals surface area contributed by atoms with E-state index in [0.29, 0.717) is 16.4 Å². The first kappa shape index (κ1) is 15.5. The third-order valence-corrected chi connectivity index (χ3v) is 3.42. The number of nitrogens with one attached hydrogen (secondary N) is 1. The predicted octanol–water partition coefficient (Wildman–Crippen LogP) is 2.11. The molecule has 7 heteroatoms. The lowest BCUT2D eigenvalue weighted by Crippen LogP contribution is -2.20. The largest absolute Gasteiger partial charge is 0.384 e. The molecule has 6 nitrogen and oxygen atoms in total. The van der Waals surface area contributed by atoms with Gasteiger partial charge in [0.1, 0.15) is 17.8 Å². The Morgan fingerprint density at radius 3 is 2.81 bits per heavy atom. The number of aromatic nitrogens is 3. The van der Waals surface area contributed by atoms with E-state index in [9.17, 15) is 9.90 Å². The van der Waals surface area contributed by atoms with E-state index in [1.165, 1.54) is 4.68 Å². The molecule has 112 valence electrons. The van der Waals surface area contributed by atoms with Crippen molar-refractivity contribution >= 4 is 23.2 Å². The Kier molecular flexibility index (Phi) is 4.29. The lowest BCUT2D eigenvalue weighted by molar-refractivity contribution is -0.116. The normalized spacial score (nSPS) is 11.5. The quantitative estimate of drug-likeness (QED) is 0.906. The van der Waals surface area contributed by atoms with Gasteiger partial charge in [-0.05, 0) is 38.5 Å². The highest BCUT2D eigenvalue weighted by Crippen LogP contribution is 2.23. The fourth-order valence-electron chi connectivity index (χ4n) is 1.74. The molecule has 0 fully saturated rings. The maximum absolute atomic E-state index is 12.0. The maximum atomic E-state index is 12.0. The molecule has 0 aliphatic rings. The van der Waals surface area contributed by atoms with Crippen LogP contribution < -0.4 is 5.32 Å². The van der Waals surface area contributed by atoms with Crippen LogP contribution in [0, 0.1) is 6.92 Å². The van der Waals surface area contributed by atoms with E-state index >= 15 is 0 Å². The van der Waals surface area contributed by atoms with Crippen molar-refractivity contribution < 1.29 is 9.90 Å². The average Bonchev–Trinajstić information content (AvgIpc) is 2.83. The standard InChI is InChI=1S/C14H17ClN4O2/c1-9-10(15)5-4-6-11(9)16-13(20)8-19-7-12(17-18-19)14(2,3)21/h4-7,21H,8H2,1-3H3,(H,16,20). The van der Waals surface area contributed by atoms with Crippen LogP contribution in [-0.4, -0.2) is 26.0 Å². The van der Waals surface area contributed by atoms with Crippen LogP contribution in [0.3, 0.4) is 0 Å². The number of carbonyl (C=O) groups excluding carboxylic acids is 1. The second-order valence-electron chi connectivity index (χ2n) is 5.32. The number of benzene rings is 1. The number of hydrogen-bond acceptors (Lipinski definition) is 4. The summed E-state index contributed by atoms with van der Waals surface area (Å²) in [6.45, 7) is 5.06. The second kappa shape index (κ2) is 5.83. The van der Waals surface area contributed by atoms with Gasteiger partial charge in [-0.25, -0.2) is 4.68 Å². The molecule has 2 aromatic rings. The molecule has 2 N–H and O–H groups in total. The smallest absolute Gasteiger partial charge is 0.246 e. The second-order valence-corrected chi connectivity index (χ2v) is 5.73. The van der Waals surface area contributed by atoms with Crippen LogP contribution >= 0.6 is 11.6 Å². The Hall–Kier alpha value is -1.92. The Bertz CT molecular complexity index is 661. The first-order chi connectivity index (χ1) is 9.77. The number of rotatable bonds is 4. The third-order valence-electron chi connectivity index (χ3n) is 3.01. The number of halogens is 1. The van der Waals surface area contributed by atoms with Crippen LogP contribution in [0.2, 0.25) is 5.02 Å². The fourth-order valence-corrected chi connectivity index (χ4v) is 1.91. The highest BCUT2D eigenvalue weighted by atomic mass is 35.5. The van der Waals surface area contributed by atoms with Gasteiger partial charge in [-0.2, -0.15) is 0 Å². The van der Waals surface area contributed by atoms with Crippen LogP contribution in [0.25, 0.3) is 0 Å². The summed E-state index contributed by atoms with van der Waals surface area (Å²) in [4.78, 5) is 12.0. The Morgan fingerprint density at radius 2 is 2.19 bits per heavy atom. The molecule has 1 aromatic heterocycles. The summed E-state index contributed by atoms with van der Waals surface area (Å²) in [5, 5.41) is 20.8. The molecule has 0 bridgehead atoms. The Labute approximate surface area is 127 Å². The first-order valence-corrected chi connectivity index (χ1v) is 6.83. The molecule has 0 saturated heterocycles. The van der Waals surface area contributed by atoms with E-state index in [4.69, 9.17) is 11.6 Å². The van der Waals surface area contributed by atoms with Gasteiger partial charge >= 0.3 is 0 Å². The molecular weight excluding hydrogens is 292 g/mol. The zero-order chi connectivity index (χ0) is 15.6. The van der Waals surface area contributed by atoms with E-state index in [-0.39, 0.29) is 12.5 Å². The summed E-state index contributed by atoms with van der Waals surface area (Å²) >= 11 is 6.00. The number of carbonyl (C=O) groups is 1. The molecule has 1 heterocycles. The molecule has 0 aliphatic heterocycles. The topological polar surface area (TPSA) is 80.0 Å². The third kappa shape index (κ3) is 3.80. The highest BCUT2D eigenvalue weighted by Gasteiger charge is 2.20. The van der Waals surface area contributed by atoms with Gasteiger partial charge in [0, 0.05) is 10.7 Å². The number of amides is 1.